The molecule has 0 bridgehead atoms. The zero-order chi connectivity index (χ0) is 15.9. The van der Waals surface area contributed by atoms with Gasteiger partial charge in [0.05, 0.1) is 5.69 Å². The van der Waals surface area contributed by atoms with Crippen molar-refractivity contribution in [1.29, 1.82) is 0 Å². The minimum absolute atomic E-state index is 0.639. The monoisotopic (exact) mass is 321 g/mol. The van der Waals surface area contributed by atoms with Crippen molar-refractivity contribution in [3.8, 4) is 0 Å². The van der Waals surface area contributed by atoms with Gasteiger partial charge >= 0.3 is 0 Å². The van der Waals surface area contributed by atoms with Crippen LogP contribution in [0.3, 0.4) is 0 Å². The highest BCUT2D eigenvalue weighted by molar-refractivity contribution is 7.94. The molecule has 3 nitrogen and oxygen atoms in total. The Bertz CT molecular complexity index is 911. The fraction of sp³-hybridized carbons (Fsp3) is 0.0526. The molecule has 0 aromatic heterocycles. The summed E-state index contributed by atoms with van der Waals surface area (Å²) in [6, 6.07) is 26.2. The molecule has 4 heteroatoms. The van der Waals surface area contributed by atoms with Crippen molar-refractivity contribution in [2.75, 3.05) is 4.72 Å². The maximum atomic E-state index is 13.2. The first kappa shape index (κ1) is 14.0. The Morgan fingerprint density at radius 3 is 1.70 bits per heavy atom. The van der Waals surface area contributed by atoms with Gasteiger partial charge in [0.25, 0.3) is 10.0 Å². The molecule has 1 N–H and O–H groups in total. The van der Waals surface area contributed by atoms with Crippen LogP contribution < -0.4 is 4.72 Å². The van der Waals surface area contributed by atoms with Crippen molar-refractivity contribution < 1.29 is 8.42 Å². The van der Waals surface area contributed by atoms with Crippen molar-refractivity contribution in [3.05, 3.63) is 102 Å². The summed E-state index contributed by atoms with van der Waals surface area (Å²) in [5.74, 6) is 0. The summed E-state index contributed by atoms with van der Waals surface area (Å²) in [5.41, 5.74) is 2.88. The summed E-state index contributed by atoms with van der Waals surface area (Å²) >= 11 is 0. The Morgan fingerprint density at radius 2 is 1.13 bits per heavy atom. The van der Waals surface area contributed by atoms with Crippen LogP contribution >= 0.6 is 0 Å². The fourth-order valence-corrected chi connectivity index (χ4v) is 5.36. The van der Waals surface area contributed by atoms with Gasteiger partial charge < -0.3 is 0 Å². The molecule has 0 aliphatic carbocycles. The van der Waals surface area contributed by atoms with E-state index in [-0.39, 0.29) is 0 Å². The molecule has 23 heavy (non-hydrogen) atoms. The third kappa shape index (κ3) is 1.85. The van der Waals surface area contributed by atoms with Crippen LogP contribution in [0.25, 0.3) is 0 Å². The highest BCUT2D eigenvalue weighted by Crippen LogP contribution is 2.51. The van der Waals surface area contributed by atoms with Gasteiger partial charge in [-0.25, -0.2) is 8.42 Å². The molecule has 1 heterocycles. The van der Waals surface area contributed by atoms with Gasteiger partial charge in [0.15, 0.2) is 4.75 Å². The number of benzene rings is 3. The van der Waals surface area contributed by atoms with E-state index in [2.05, 4.69) is 4.72 Å². The topological polar surface area (TPSA) is 46.2 Å². The quantitative estimate of drug-likeness (QED) is 0.781. The first-order valence-corrected chi connectivity index (χ1v) is 8.87. The molecule has 0 atom stereocenters. The van der Waals surface area contributed by atoms with E-state index < -0.39 is 14.8 Å². The summed E-state index contributed by atoms with van der Waals surface area (Å²) in [6.45, 7) is 0. The van der Waals surface area contributed by atoms with Gasteiger partial charge in [-0.1, -0.05) is 78.9 Å². The molecular formula is C19H15NO2S. The summed E-state index contributed by atoms with van der Waals surface area (Å²) in [5, 5.41) is 0. The van der Waals surface area contributed by atoms with Crippen LogP contribution in [0, 0.1) is 0 Å². The van der Waals surface area contributed by atoms with E-state index >= 15 is 0 Å². The first-order valence-electron chi connectivity index (χ1n) is 7.39. The Hall–Kier alpha value is -2.59. The van der Waals surface area contributed by atoms with Crippen LogP contribution in [-0.2, 0) is 14.8 Å². The van der Waals surface area contributed by atoms with Crippen molar-refractivity contribution in [2.24, 2.45) is 0 Å². The number of anilines is 1. The summed E-state index contributed by atoms with van der Waals surface area (Å²) in [4.78, 5) is 0. The minimum Gasteiger partial charge on any atom is -0.282 e. The molecule has 1 aliphatic heterocycles. The van der Waals surface area contributed by atoms with Gasteiger partial charge in [-0.05, 0) is 17.2 Å². The number of hydrogen-bond acceptors (Lipinski definition) is 2. The molecule has 0 amide bonds. The molecule has 0 saturated heterocycles. The summed E-state index contributed by atoms with van der Waals surface area (Å²) < 4.78 is 28.0. The Kier molecular flexibility index (Phi) is 3.03. The van der Waals surface area contributed by atoms with Gasteiger partial charge in [0.1, 0.15) is 0 Å². The van der Waals surface area contributed by atoms with E-state index in [1.165, 1.54) is 0 Å². The van der Waals surface area contributed by atoms with Crippen LogP contribution in [0.15, 0.2) is 84.9 Å². The molecule has 0 fully saturated rings. The van der Waals surface area contributed by atoms with Crippen molar-refractivity contribution in [2.45, 2.75) is 4.75 Å². The lowest BCUT2D eigenvalue weighted by Crippen LogP contribution is -2.36. The first-order chi connectivity index (χ1) is 11.2. The number of rotatable bonds is 2. The van der Waals surface area contributed by atoms with E-state index in [9.17, 15) is 8.42 Å². The van der Waals surface area contributed by atoms with Gasteiger partial charge in [0.2, 0.25) is 0 Å². The van der Waals surface area contributed by atoms with E-state index in [4.69, 9.17) is 0 Å². The van der Waals surface area contributed by atoms with E-state index in [0.717, 1.165) is 16.7 Å². The predicted octanol–water partition coefficient (Wildman–Crippen LogP) is 3.73. The number of sulfonamides is 1. The SMILES string of the molecule is O=S1(=O)Nc2ccccc2C1(c1ccccc1)c1ccccc1. The Morgan fingerprint density at radius 1 is 0.652 bits per heavy atom. The van der Waals surface area contributed by atoms with Gasteiger partial charge in [-0.3, -0.25) is 4.72 Å². The molecule has 0 saturated carbocycles. The van der Waals surface area contributed by atoms with Gasteiger partial charge in [-0.2, -0.15) is 0 Å². The van der Waals surface area contributed by atoms with Crippen LogP contribution in [0.2, 0.25) is 0 Å². The molecule has 0 radical (unpaired) electrons. The molecule has 4 rings (SSSR count). The fourth-order valence-electron chi connectivity index (χ4n) is 3.38. The molecular weight excluding hydrogens is 306 g/mol. The Labute approximate surface area is 135 Å². The number of para-hydroxylation sites is 1. The third-order valence-corrected chi connectivity index (χ3v) is 6.30. The summed E-state index contributed by atoms with van der Waals surface area (Å²) in [6.07, 6.45) is 0. The van der Waals surface area contributed by atoms with Crippen LogP contribution in [0.5, 0.6) is 0 Å². The third-order valence-electron chi connectivity index (χ3n) is 4.31. The molecule has 0 unspecified atom stereocenters. The van der Waals surface area contributed by atoms with Gasteiger partial charge in [-0.15, -0.1) is 0 Å². The second-order valence-corrected chi connectivity index (χ2v) is 7.39. The standard InChI is InChI=1S/C19H15NO2S/c21-23(22)19(15-9-3-1-4-10-15,16-11-5-2-6-12-16)17-13-7-8-14-18(17)20-23/h1-14,20H. The predicted molar refractivity (Wildman–Crippen MR) is 91.8 cm³/mol. The minimum atomic E-state index is -3.66. The van der Waals surface area contributed by atoms with Crippen molar-refractivity contribution in [3.63, 3.8) is 0 Å². The lowest BCUT2D eigenvalue weighted by molar-refractivity contribution is 0.582. The number of hydrogen-bond donors (Lipinski definition) is 1. The number of fused-ring (bicyclic) bond motifs is 1. The second kappa shape index (κ2) is 4.96. The lowest BCUT2D eigenvalue weighted by atomic mass is 9.83. The second-order valence-electron chi connectivity index (χ2n) is 5.56. The zero-order valence-corrected chi connectivity index (χ0v) is 13.1. The van der Waals surface area contributed by atoms with Crippen molar-refractivity contribution >= 4 is 15.7 Å². The van der Waals surface area contributed by atoms with Crippen molar-refractivity contribution in [1.82, 2.24) is 0 Å². The Balaban J connectivity index is 2.17. The lowest BCUT2D eigenvalue weighted by Gasteiger charge is -2.29. The smallest absolute Gasteiger partial charge is 0.251 e. The molecule has 3 aromatic carbocycles. The van der Waals surface area contributed by atoms with Crippen LogP contribution in [-0.4, -0.2) is 8.42 Å². The zero-order valence-electron chi connectivity index (χ0n) is 12.3. The summed E-state index contributed by atoms with van der Waals surface area (Å²) in [7, 11) is -3.66. The number of nitrogens with one attached hydrogen (secondary N) is 1. The average molecular weight is 321 g/mol. The molecule has 3 aromatic rings. The normalized spacial score (nSPS) is 17.2. The van der Waals surface area contributed by atoms with E-state index in [0.29, 0.717) is 5.69 Å². The molecule has 114 valence electrons. The molecule has 1 aliphatic rings. The average Bonchev–Trinajstić information content (AvgIpc) is 2.83. The maximum absolute atomic E-state index is 13.2. The van der Waals surface area contributed by atoms with E-state index in [1.807, 2.05) is 78.9 Å². The van der Waals surface area contributed by atoms with Crippen LogP contribution in [0.1, 0.15) is 16.7 Å². The van der Waals surface area contributed by atoms with Gasteiger partial charge in [0, 0.05) is 5.56 Å². The molecule has 0 spiro atoms. The maximum Gasteiger partial charge on any atom is 0.251 e. The highest BCUT2D eigenvalue weighted by Gasteiger charge is 2.54. The van der Waals surface area contributed by atoms with E-state index in [1.54, 1.807) is 6.07 Å². The largest absolute Gasteiger partial charge is 0.282 e. The van der Waals surface area contributed by atoms with Crippen LogP contribution in [0.4, 0.5) is 5.69 Å². The highest BCUT2D eigenvalue weighted by atomic mass is 32.2.